The summed E-state index contributed by atoms with van der Waals surface area (Å²) in [7, 11) is 0. The molecule has 0 spiro atoms. The first-order valence-electron chi connectivity index (χ1n) is 6.28. The molecule has 0 fully saturated rings. The summed E-state index contributed by atoms with van der Waals surface area (Å²) in [6, 6.07) is 11.7. The highest BCUT2D eigenvalue weighted by Crippen LogP contribution is 2.15. The fourth-order valence-electron chi connectivity index (χ4n) is 2.20. The van der Waals surface area contributed by atoms with E-state index in [0.29, 0.717) is 18.5 Å². The lowest BCUT2D eigenvalue weighted by Gasteiger charge is -2.08. The molecule has 1 N–H and O–H groups in total. The molecule has 0 radical (unpaired) electrons. The standard InChI is InChI=1S/C16H17NO2/c1-2-11-17-12-10-14(16(18)19)15(17)9-8-13-6-4-3-5-7-13/h2-7,10,12H,1,8-9,11H2,(H,18,19). The Kier molecular flexibility index (Phi) is 4.18. The normalized spacial score (nSPS) is 10.3. The molecule has 0 amide bonds. The number of aryl methyl sites for hydroxylation is 1. The molecule has 0 aliphatic rings. The van der Waals surface area contributed by atoms with Crippen LogP contribution in [0.1, 0.15) is 21.6 Å². The minimum Gasteiger partial charge on any atom is -0.478 e. The van der Waals surface area contributed by atoms with Gasteiger partial charge in [-0.15, -0.1) is 6.58 Å². The lowest BCUT2D eigenvalue weighted by Crippen LogP contribution is -2.07. The van der Waals surface area contributed by atoms with Gasteiger partial charge in [0.05, 0.1) is 5.56 Å². The highest BCUT2D eigenvalue weighted by molar-refractivity contribution is 5.89. The van der Waals surface area contributed by atoms with Crippen LogP contribution < -0.4 is 0 Å². The topological polar surface area (TPSA) is 42.2 Å². The molecular formula is C16H17NO2. The van der Waals surface area contributed by atoms with Gasteiger partial charge in [0.2, 0.25) is 0 Å². The number of nitrogens with zero attached hydrogens (tertiary/aromatic N) is 1. The van der Waals surface area contributed by atoms with Crippen LogP contribution in [-0.2, 0) is 19.4 Å². The van der Waals surface area contributed by atoms with Crippen LogP contribution >= 0.6 is 0 Å². The number of carboxylic acids is 1. The second-order valence-electron chi connectivity index (χ2n) is 4.41. The van der Waals surface area contributed by atoms with Gasteiger partial charge in [0.1, 0.15) is 0 Å². The molecule has 98 valence electrons. The number of rotatable bonds is 6. The van der Waals surface area contributed by atoms with E-state index < -0.39 is 5.97 Å². The molecule has 3 heteroatoms. The Balaban J connectivity index is 2.20. The zero-order chi connectivity index (χ0) is 13.7. The maximum Gasteiger partial charge on any atom is 0.337 e. The van der Waals surface area contributed by atoms with Gasteiger partial charge in [-0.25, -0.2) is 4.79 Å². The lowest BCUT2D eigenvalue weighted by molar-refractivity contribution is 0.0695. The van der Waals surface area contributed by atoms with E-state index in [0.717, 1.165) is 12.1 Å². The fraction of sp³-hybridized carbons (Fsp3) is 0.188. The third-order valence-corrected chi connectivity index (χ3v) is 3.13. The van der Waals surface area contributed by atoms with E-state index in [4.69, 9.17) is 0 Å². The van der Waals surface area contributed by atoms with Crippen molar-refractivity contribution in [3.8, 4) is 0 Å². The highest BCUT2D eigenvalue weighted by Gasteiger charge is 2.14. The van der Waals surface area contributed by atoms with E-state index >= 15 is 0 Å². The molecule has 3 nitrogen and oxygen atoms in total. The molecule has 0 bridgehead atoms. The van der Waals surface area contributed by atoms with Crippen LogP contribution in [0.5, 0.6) is 0 Å². The minimum absolute atomic E-state index is 0.387. The summed E-state index contributed by atoms with van der Waals surface area (Å²) in [6.07, 6.45) is 5.14. The largest absolute Gasteiger partial charge is 0.478 e. The Hall–Kier alpha value is -2.29. The van der Waals surface area contributed by atoms with Crippen LogP contribution in [0.4, 0.5) is 0 Å². The predicted octanol–water partition coefficient (Wildman–Crippen LogP) is 3.16. The monoisotopic (exact) mass is 255 g/mol. The smallest absolute Gasteiger partial charge is 0.337 e. The Bertz CT molecular complexity index is 570. The highest BCUT2D eigenvalue weighted by atomic mass is 16.4. The van der Waals surface area contributed by atoms with E-state index in [9.17, 15) is 9.90 Å². The molecule has 1 heterocycles. The SMILES string of the molecule is C=CCn1ccc(C(=O)O)c1CCc1ccccc1. The molecule has 0 aliphatic carbocycles. The first-order valence-corrected chi connectivity index (χ1v) is 6.28. The van der Waals surface area contributed by atoms with Gasteiger partial charge < -0.3 is 9.67 Å². The average Bonchev–Trinajstić information content (AvgIpc) is 2.81. The minimum atomic E-state index is -0.870. The quantitative estimate of drug-likeness (QED) is 0.806. The van der Waals surface area contributed by atoms with Crippen molar-refractivity contribution < 1.29 is 9.90 Å². The van der Waals surface area contributed by atoms with E-state index in [1.54, 1.807) is 12.1 Å². The lowest BCUT2D eigenvalue weighted by atomic mass is 10.1. The Morgan fingerprint density at radius 1 is 1.21 bits per heavy atom. The number of hydrogen-bond donors (Lipinski definition) is 1. The summed E-state index contributed by atoms with van der Waals surface area (Å²) in [6.45, 7) is 4.34. The summed E-state index contributed by atoms with van der Waals surface area (Å²) in [5, 5.41) is 9.21. The number of carbonyl (C=O) groups is 1. The second kappa shape index (κ2) is 6.05. The summed E-state index contributed by atoms with van der Waals surface area (Å²) in [5.74, 6) is -0.870. The molecule has 1 aromatic heterocycles. The zero-order valence-corrected chi connectivity index (χ0v) is 10.7. The van der Waals surface area contributed by atoms with Crippen molar-refractivity contribution in [1.29, 1.82) is 0 Å². The fourth-order valence-corrected chi connectivity index (χ4v) is 2.20. The van der Waals surface area contributed by atoms with Gasteiger partial charge in [-0.1, -0.05) is 36.4 Å². The van der Waals surface area contributed by atoms with Crippen molar-refractivity contribution >= 4 is 5.97 Å². The van der Waals surface area contributed by atoms with E-state index in [1.807, 2.05) is 29.0 Å². The second-order valence-corrected chi connectivity index (χ2v) is 4.41. The van der Waals surface area contributed by atoms with Crippen molar-refractivity contribution in [1.82, 2.24) is 4.57 Å². The Morgan fingerprint density at radius 2 is 1.95 bits per heavy atom. The van der Waals surface area contributed by atoms with Gasteiger partial charge in [-0.3, -0.25) is 0 Å². The van der Waals surface area contributed by atoms with Crippen molar-refractivity contribution in [3.63, 3.8) is 0 Å². The van der Waals surface area contributed by atoms with Crippen LogP contribution in [0.2, 0.25) is 0 Å². The molecule has 0 saturated carbocycles. The zero-order valence-electron chi connectivity index (χ0n) is 10.7. The molecule has 19 heavy (non-hydrogen) atoms. The van der Waals surface area contributed by atoms with Crippen LogP contribution in [0.15, 0.2) is 55.3 Å². The maximum absolute atomic E-state index is 11.2. The van der Waals surface area contributed by atoms with Crippen LogP contribution in [0.3, 0.4) is 0 Å². The predicted molar refractivity (Wildman–Crippen MR) is 75.4 cm³/mol. The summed E-state index contributed by atoms with van der Waals surface area (Å²) >= 11 is 0. The van der Waals surface area contributed by atoms with E-state index in [1.165, 1.54) is 5.56 Å². The van der Waals surface area contributed by atoms with Crippen LogP contribution in [0, 0.1) is 0 Å². The van der Waals surface area contributed by atoms with Gasteiger partial charge in [0.15, 0.2) is 0 Å². The number of carboxylic acid groups (broad SMARTS) is 1. The summed E-state index contributed by atoms with van der Waals surface area (Å²) in [4.78, 5) is 11.2. The number of allylic oxidation sites excluding steroid dienone is 1. The molecule has 0 unspecified atom stereocenters. The number of aromatic nitrogens is 1. The van der Waals surface area contributed by atoms with Gasteiger partial charge in [-0.05, 0) is 24.5 Å². The first-order chi connectivity index (χ1) is 9.22. The average molecular weight is 255 g/mol. The van der Waals surface area contributed by atoms with Gasteiger partial charge in [0, 0.05) is 18.4 Å². The number of aromatic carboxylic acids is 1. The van der Waals surface area contributed by atoms with Crippen LogP contribution in [-0.4, -0.2) is 15.6 Å². The summed E-state index contributed by atoms with van der Waals surface area (Å²) < 4.78 is 1.94. The van der Waals surface area contributed by atoms with Crippen molar-refractivity contribution in [2.24, 2.45) is 0 Å². The molecule has 2 aromatic rings. The molecular weight excluding hydrogens is 238 g/mol. The third-order valence-electron chi connectivity index (χ3n) is 3.13. The van der Waals surface area contributed by atoms with Gasteiger partial charge in [0.25, 0.3) is 0 Å². The van der Waals surface area contributed by atoms with Crippen molar-refractivity contribution in [2.45, 2.75) is 19.4 Å². The molecule has 0 aliphatic heterocycles. The maximum atomic E-state index is 11.2. The summed E-state index contributed by atoms with van der Waals surface area (Å²) in [5.41, 5.74) is 2.46. The molecule has 2 rings (SSSR count). The first kappa shape index (κ1) is 13.1. The van der Waals surface area contributed by atoms with Gasteiger partial charge in [-0.2, -0.15) is 0 Å². The van der Waals surface area contributed by atoms with Crippen molar-refractivity contribution in [2.75, 3.05) is 0 Å². The van der Waals surface area contributed by atoms with Gasteiger partial charge >= 0.3 is 5.97 Å². The molecule has 0 saturated heterocycles. The molecule has 1 aromatic carbocycles. The van der Waals surface area contributed by atoms with E-state index in [-0.39, 0.29) is 0 Å². The number of hydrogen-bond acceptors (Lipinski definition) is 1. The van der Waals surface area contributed by atoms with E-state index in [2.05, 4.69) is 18.7 Å². The molecule has 0 atom stereocenters. The number of benzene rings is 1. The van der Waals surface area contributed by atoms with Crippen LogP contribution in [0.25, 0.3) is 0 Å². The Morgan fingerprint density at radius 3 is 2.58 bits per heavy atom. The van der Waals surface area contributed by atoms with Crippen molar-refractivity contribution in [3.05, 3.63) is 72.1 Å². The Labute approximate surface area is 112 Å². The third kappa shape index (κ3) is 3.13.